The third kappa shape index (κ3) is 3.73. The summed E-state index contributed by atoms with van der Waals surface area (Å²) in [6, 6.07) is 6.40. The second kappa shape index (κ2) is 6.23. The Kier molecular flexibility index (Phi) is 5.20. The molecule has 6 heteroatoms. The van der Waals surface area contributed by atoms with Crippen molar-refractivity contribution >= 4 is 21.8 Å². The highest BCUT2D eigenvalue weighted by Gasteiger charge is 2.17. The standard InChI is InChI=1S/C12H16N2O2S2/c1-9-6-12(5-4-11(9)7-13)18(15,16)14-10(2)8-17-3/h4-6,10,14H,8H2,1-3H3. The second-order valence-electron chi connectivity index (χ2n) is 4.07. The van der Waals surface area contributed by atoms with Crippen molar-refractivity contribution in [3.05, 3.63) is 29.3 Å². The first-order valence-electron chi connectivity index (χ1n) is 5.42. The lowest BCUT2D eigenvalue weighted by molar-refractivity contribution is 0.571. The smallest absolute Gasteiger partial charge is 0.208 e. The van der Waals surface area contributed by atoms with Crippen molar-refractivity contribution in [1.82, 2.24) is 4.72 Å². The van der Waals surface area contributed by atoms with E-state index in [4.69, 9.17) is 5.26 Å². The molecule has 0 spiro atoms. The summed E-state index contributed by atoms with van der Waals surface area (Å²) in [7, 11) is -3.50. The average molecular weight is 284 g/mol. The van der Waals surface area contributed by atoms with E-state index < -0.39 is 10.0 Å². The molecule has 0 aliphatic rings. The molecule has 1 rings (SSSR count). The number of rotatable bonds is 5. The molecule has 0 amide bonds. The normalized spacial score (nSPS) is 13.0. The van der Waals surface area contributed by atoms with E-state index in [1.807, 2.05) is 19.2 Å². The highest BCUT2D eigenvalue weighted by Crippen LogP contribution is 2.15. The molecule has 0 aliphatic heterocycles. The van der Waals surface area contributed by atoms with Gasteiger partial charge in [-0.2, -0.15) is 17.0 Å². The molecule has 0 radical (unpaired) electrons. The van der Waals surface area contributed by atoms with Crippen molar-refractivity contribution in [3.8, 4) is 6.07 Å². The molecule has 1 unspecified atom stereocenters. The monoisotopic (exact) mass is 284 g/mol. The molecular formula is C12H16N2O2S2. The fraction of sp³-hybridized carbons (Fsp3) is 0.417. The van der Waals surface area contributed by atoms with Gasteiger partial charge in [-0.25, -0.2) is 13.1 Å². The van der Waals surface area contributed by atoms with Crippen LogP contribution in [0.25, 0.3) is 0 Å². The molecule has 0 aromatic heterocycles. The summed E-state index contributed by atoms with van der Waals surface area (Å²) in [4.78, 5) is 0.201. The molecule has 1 atom stereocenters. The summed E-state index contributed by atoms with van der Waals surface area (Å²) in [6.45, 7) is 3.55. The van der Waals surface area contributed by atoms with Crippen LogP contribution in [0.3, 0.4) is 0 Å². The predicted octanol–water partition coefficient (Wildman–Crippen LogP) is 1.90. The lowest BCUT2D eigenvalue weighted by Gasteiger charge is -2.13. The van der Waals surface area contributed by atoms with E-state index in [9.17, 15) is 8.42 Å². The maximum Gasteiger partial charge on any atom is 0.240 e. The number of nitriles is 1. The Morgan fingerprint density at radius 2 is 2.17 bits per heavy atom. The minimum Gasteiger partial charge on any atom is -0.208 e. The fourth-order valence-electron chi connectivity index (χ4n) is 1.55. The number of aryl methyl sites for hydroxylation is 1. The van der Waals surface area contributed by atoms with E-state index in [1.54, 1.807) is 18.7 Å². The van der Waals surface area contributed by atoms with E-state index in [0.717, 1.165) is 0 Å². The van der Waals surface area contributed by atoms with Crippen LogP contribution in [0.2, 0.25) is 0 Å². The Bertz CT molecular complexity index is 562. The van der Waals surface area contributed by atoms with Crippen LogP contribution in [0, 0.1) is 18.3 Å². The van der Waals surface area contributed by atoms with E-state index >= 15 is 0 Å². The number of hydrogen-bond acceptors (Lipinski definition) is 4. The van der Waals surface area contributed by atoms with Gasteiger partial charge in [-0.3, -0.25) is 0 Å². The number of nitrogens with one attached hydrogen (secondary N) is 1. The van der Waals surface area contributed by atoms with Crippen molar-refractivity contribution in [3.63, 3.8) is 0 Å². The molecule has 0 aliphatic carbocycles. The van der Waals surface area contributed by atoms with Gasteiger partial charge in [0.2, 0.25) is 10.0 Å². The molecule has 1 N–H and O–H groups in total. The van der Waals surface area contributed by atoms with Gasteiger partial charge in [0.15, 0.2) is 0 Å². The summed E-state index contributed by atoms with van der Waals surface area (Å²) in [5, 5.41) is 8.81. The van der Waals surface area contributed by atoms with Crippen molar-refractivity contribution in [2.24, 2.45) is 0 Å². The fourth-order valence-corrected chi connectivity index (χ4v) is 3.56. The van der Waals surface area contributed by atoms with Crippen LogP contribution in [0.4, 0.5) is 0 Å². The molecular weight excluding hydrogens is 268 g/mol. The number of benzene rings is 1. The molecule has 0 heterocycles. The largest absolute Gasteiger partial charge is 0.240 e. The summed E-state index contributed by atoms with van der Waals surface area (Å²) in [5.41, 5.74) is 1.16. The Labute approximate surface area is 112 Å². The average Bonchev–Trinajstić information content (AvgIpc) is 2.28. The Hall–Kier alpha value is -1.03. The van der Waals surface area contributed by atoms with Crippen LogP contribution < -0.4 is 4.72 Å². The zero-order valence-corrected chi connectivity index (χ0v) is 12.2. The highest BCUT2D eigenvalue weighted by atomic mass is 32.2. The quantitative estimate of drug-likeness (QED) is 0.896. The van der Waals surface area contributed by atoms with Crippen LogP contribution in [0.5, 0.6) is 0 Å². The Morgan fingerprint density at radius 1 is 1.50 bits per heavy atom. The number of nitrogens with zero attached hydrogens (tertiary/aromatic N) is 1. The summed E-state index contributed by atoms with van der Waals surface area (Å²) in [6.07, 6.45) is 1.93. The molecule has 0 saturated heterocycles. The molecule has 1 aromatic carbocycles. The van der Waals surface area contributed by atoms with Gasteiger partial charge in [0.05, 0.1) is 16.5 Å². The lowest BCUT2D eigenvalue weighted by Crippen LogP contribution is -2.34. The molecule has 18 heavy (non-hydrogen) atoms. The minimum absolute atomic E-state index is 0.124. The highest BCUT2D eigenvalue weighted by molar-refractivity contribution is 7.98. The van der Waals surface area contributed by atoms with Crippen molar-refractivity contribution in [2.45, 2.75) is 24.8 Å². The number of sulfonamides is 1. The molecule has 98 valence electrons. The van der Waals surface area contributed by atoms with Crippen LogP contribution in [-0.4, -0.2) is 26.5 Å². The third-order valence-corrected chi connectivity index (χ3v) is 4.82. The first kappa shape index (κ1) is 15.0. The van der Waals surface area contributed by atoms with Crippen molar-refractivity contribution in [2.75, 3.05) is 12.0 Å². The van der Waals surface area contributed by atoms with Gasteiger partial charge in [0.25, 0.3) is 0 Å². The van der Waals surface area contributed by atoms with Gasteiger partial charge in [-0.1, -0.05) is 0 Å². The molecule has 4 nitrogen and oxygen atoms in total. The van der Waals surface area contributed by atoms with Gasteiger partial charge in [0.1, 0.15) is 0 Å². The summed E-state index contributed by atoms with van der Waals surface area (Å²) >= 11 is 1.58. The Balaban J connectivity index is 2.99. The zero-order chi connectivity index (χ0) is 13.8. The minimum atomic E-state index is -3.50. The lowest BCUT2D eigenvalue weighted by atomic mass is 10.1. The van der Waals surface area contributed by atoms with Gasteiger partial charge in [-0.05, 0) is 43.9 Å². The summed E-state index contributed by atoms with van der Waals surface area (Å²) < 4.78 is 26.7. The topological polar surface area (TPSA) is 70.0 Å². The number of thioether (sulfide) groups is 1. The first-order valence-corrected chi connectivity index (χ1v) is 8.30. The van der Waals surface area contributed by atoms with Crippen LogP contribution >= 0.6 is 11.8 Å². The van der Waals surface area contributed by atoms with Crippen LogP contribution in [0.15, 0.2) is 23.1 Å². The maximum atomic E-state index is 12.1. The van der Waals surface area contributed by atoms with Crippen LogP contribution in [0.1, 0.15) is 18.1 Å². The van der Waals surface area contributed by atoms with Crippen LogP contribution in [-0.2, 0) is 10.0 Å². The van der Waals surface area contributed by atoms with Crippen molar-refractivity contribution < 1.29 is 8.42 Å². The first-order chi connectivity index (χ1) is 8.40. The van der Waals surface area contributed by atoms with Gasteiger partial charge in [0, 0.05) is 11.8 Å². The second-order valence-corrected chi connectivity index (χ2v) is 6.69. The molecule has 0 bridgehead atoms. The van der Waals surface area contributed by atoms with Gasteiger partial charge >= 0.3 is 0 Å². The van der Waals surface area contributed by atoms with Crippen molar-refractivity contribution in [1.29, 1.82) is 5.26 Å². The van der Waals surface area contributed by atoms with E-state index in [-0.39, 0.29) is 10.9 Å². The molecule has 0 fully saturated rings. The molecule has 0 saturated carbocycles. The SMILES string of the molecule is CSCC(C)NS(=O)(=O)c1ccc(C#N)c(C)c1. The Morgan fingerprint density at radius 3 is 2.67 bits per heavy atom. The van der Waals surface area contributed by atoms with E-state index in [2.05, 4.69) is 4.72 Å². The van der Waals surface area contributed by atoms with E-state index in [0.29, 0.717) is 16.9 Å². The third-order valence-electron chi connectivity index (χ3n) is 2.40. The van der Waals surface area contributed by atoms with Gasteiger partial charge in [-0.15, -0.1) is 0 Å². The number of hydrogen-bond donors (Lipinski definition) is 1. The van der Waals surface area contributed by atoms with E-state index in [1.165, 1.54) is 18.2 Å². The maximum absolute atomic E-state index is 12.1. The predicted molar refractivity (Wildman–Crippen MR) is 74.1 cm³/mol. The zero-order valence-electron chi connectivity index (χ0n) is 10.6. The molecule has 1 aromatic rings. The van der Waals surface area contributed by atoms with Gasteiger partial charge < -0.3 is 0 Å². The summed E-state index contributed by atoms with van der Waals surface area (Å²) in [5.74, 6) is 0.717.